The molecule has 2 rings (SSSR count). The molecule has 0 bridgehead atoms. The smallest absolute Gasteiger partial charge is 0.222 e. The SMILES string of the molecule is CCCc1c(NCC)ncnc1OCc1ccccc1Br. The predicted molar refractivity (Wildman–Crippen MR) is 88.7 cm³/mol. The van der Waals surface area contributed by atoms with Crippen molar-refractivity contribution in [1.82, 2.24) is 9.97 Å². The second-order valence-corrected chi connectivity index (χ2v) is 5.52. The Hall–Kier alpha value is -1.62. The molecular weight excluding hydrogens is 330 g/mol. The highest BCUT2D eigenvalue weighted by Gasteiger charge is 2.12. The van der Waals surface area contributed by atoms with Gasteiger partial charge < -0.3 is 10.1 Å². The summed E-state index contributed by atoms with van der Waals surface area (Å²) in [7, 11) is 0. The van der Waals surface area contributed by atoms with Crippen LogP contribution in [0.5, 0.6) is 5.88 Å². The van der Waals surface area contributed by atoms with Crippen molar-refractivity contribution in [2.45, 2.75) is 33.3 Å². The van der Waals surface area contributed by atoms with Crippen LogP contribution in [0.1, 0.15) is 31.4 Å². The minimum Gasteiger partial charge on any atom is -0.472 e. The van der Waals surface area contributed by atoms with Gasteiger partial charge in [0.2, 0.25) is 5.88 Å². The number of benzene rings is 1. The van der Waals surface area contributed by atoms with Gasteiger partial charge in [0.05, 0.1) is 5.56 Å². The quantitative estimate of drug-likeness (QED) is 0.813. The van der Waals surface area contributed by atoms with Crippen LogP contribution in [-0.4, -0.2) is 16.5 Å². The molecule has 5 heteroatoms. The van der Waals surface area contributed by atoms with Gasteiger partial charge in [-0.15, -0.1) is 0 Å². The molecule has 2 aromatic rings. The fraction of sp³-hybridized carbons (Fsp3) is 0.375. The highest BCUT2D eigenvalue weighted by Crippen LogP contribution is 2.25. The highest BCUT2D eigenvalue weighted by atomic mass is 79.9. The van der Waals surface area contributed by atoms with Gasteiger partial charge in [-0.3, -0.25) is 0 Å². The van der Waals surface area contributed by atoms with Crippen molar-refractivity contribution in [3.05, 3.63) is 46.2 Å². The zero-order chi connectivity index (χ0) is 15.1. The Morgan fingerprint density at radius 1 is 1.19 bits per heavy atom. The number of hydrogen-bond donors (Lipinski definition) is 1. The van der Waals surface area contributed by atoms with Crippen LogP contribution in [0.3, 0.4) is 0 Å². The molecular formula is C16H20BrN3O. The Kier molecular flexibility index (Phi) is 5.99. The minimum absolute atomic E-state index is 0.487. The molecule has 1 N–H and O–H groups in total. The first-order chi connectivity index (χ1) is 10.3. The van der Waals surface area contributed by atoms with E-state index in [0.717, 1.165) is 40.8 Å². The Bertz CT molecular complexity index is 589. The van der Waals surface area contributed by atoms with Crippen LogP contribution < -0.4 is 10.1 Å². The summed E-state index contributed by atoms with van der Waals surface area (Å²) in [5, 5.41) is 3.27. The Morgan fingerprint density at radius 2 is 2.00 bits per heavy atom. The van der Waals surface area contributed by atoms with E-state index in [9.17, 15) is 0 Å². The second kappa shape index (κ2) is 7.98. The van der Waals surface area contributed by atoms with Crippen LogP contribution in [0.2, 0.25) is 0 Å². The van der Waals surface area contributed by atoms with Crippen LogP contribution in [-0.2, 0) is 13.0 Å². The first kappa shape index (κ1) is 15.8. The molecule has 1 heterocycles. The lowest BCUT2D eigenvalue weighted by molar-refractivity contribution is 0.289. The van der Waals surface area contributed by atoms with E-state index in [1.54, 1.807) is 6.33 Å². The Balaban J connectivity index is 2.19. The summed E-state index contributed by atoms with van der Waals surface area (Å²) in [4.78, 5) is 8.61. The molecule has 0 spiro atoms. The van der Waals surface area contributed by atoms with Crippen LogP contribution in [0, 0.1) is 0 Å². The number of hydrogen-bond acceptors (Lipinski definition) is 4. The van der Waals surface area contributed by atoms with Crippen molar-refractivity contribution in [2.24, 2.45) is 0 Å². The third-order valence-corrected chi connectivity index (χ3v) is 3.85. The lowest BCUT2D eigenvalue weighted by atomic mass is 10.1. The van der Waals surface area contributed by atoms with Crippen molar-refractivity contribution in [1.29, 1.82) is 0 Å². The number of nitrogens with one attached hydrogen (secondary N) is 1. The molecule has 0 aliphatic heterocycles. The molecule has 112 valence electrons. The molecule has 0 fully saturated rings. The van der Waals surface area contributed by atoms with Crippen molar-refractivity contribution in [3.63, 3.8) is 0 Å². The third kappa shape index (κ3) is 4.17. The highest BCUT2D eigenvalue weighted by molar-refractivity contribution is 9.10. The largest absolute Gasteiger partial charge is 0.472 e. The van der Waals surface area contributed by atoms with Crippen LogP contribution in [0.25, 0.3) is 0 Å². The standard InChI is InChI=1S/C16H20BrN3O/c1-3-7-13-15(18-4-2)19-11-20-16(13)21-10-12-8-5-6-9-14(12)17/h5-6,8-9,11H,3-4,7,10H2,1-2H3,(H,18,19,20). The first-order valence-electron chi connectivity index (χ1n) is 7.20. The number of ether oxygens (including phenoxy) is 1. The summed E-state index contributed by atoms with van der Waals surface area (Å²) >= 11 is 3.53. The van der Waals surface area contributed by atoms with E-state index in [1.807, 2.05) is 24.3 Å². The van der Waals surface area contributed by atoms with Gasteiger partial charge in [0.25, 0.3) is 0 Å². The van der Waals surface area contributed by atoms with Crippen LogP contribution in [0.15, 0.2) is 35.1 Å². The maximum atomic E-state index is 5.92. The zero-order valence-electron chi connectivity index (χ0n) is 12.4. The van der Waals surface area contributed by atoms with Crippen LogP contribution in [0.4, 0.5) is 5.82 Å². The zero-order valence-corrected chi connectivity index (χ0v) is 14.0. The molecule has 0 unspecified atom stereocenters. The maximum absolute atomic E-state index is 5.92. The lowest BCUT2D eigenvalue weighted by Crippen LogP contribution is -2.08. The van der Waals surface area contributed by atoms with Gasteiger partial charge in [-0.25, -0.2) is 9.97 Å². The predicted octanol–water partition coefficient (Wildman–Crippen LogP) is 4.20. The van der Waals surface area contributed by atoms with Gasteiger partial charge in [0.1, 0.15) is 18.8 Å². The molecule has 0 atom stereocenters. The third-order valence-electron chi connectivity index (χ3n) is 3.07. The van der Waals surface area contributed by atoms with Gasteiger partial charge in [0, 0.05) is 16.6 Å². The molecule has 0 radical (unpaired) electrons. The van der Waals surface area contributed by atoms with Gasteiger partial charge in [0.15, 0.2) is 0 Å². The van der Waals surface area contributed by atoms with Crippen molar-refractivity contribution in [2.75, 3.05) is 11.9 Å². The molecule has 21 heavy (non-hydrogen) atoms. The van der Waals surface area contributed by atoms with E-state index in [-0.39, 0.29) is 0 Å². The topological polar surface area (TPSA) is 47.0 Å². The van der Waals surface area contributed by atoms with Crippen molar-refractivity contribution < 1.29 is 4.74 Å². The van der Waals surface area contributed by atoms with Crippen molar-refractivity contribution >= 4 is 21.7 Å². The number of halogens is 1. The lowest BCUT2D eigenvalue weighted by Gasteiger charge is -2.14. The van der Waals surface area contributed by atoms with Crippen molar-refractivity contribution in [3.8, 4) is 5.88 Å². The average molecular weight is 350 g/mol. The normalized spacial score (nSPS) is 10.4. The first-order valence-corrected chi connectivity index (χ1v) is 7.99. The molecule has 0 aliphatic carbocycles. The fourth-order valence-corrected chi connectivity index (χ4v) is 2.48. The summed E-state index contributed by atoms with van der Waals surface area (Å²) < 4.78 is 6.97. The average Bonchev–Trinajstić information content (AvgIpc) is 2.49. The van der Waals surface area contributed by atoms with Gasteiger partial charge in [-0.1, -0.05) is 47.5 Å². The summed E-state index contributed by atoms with van der Waals surface area (Å²) in [5.74, 6) is 1.54. The maximum Gasteiger partial charge on any atom is 0.222 e. The van der Waals surface area contributed by atoms with E-state index in [4.69, 9.17) is 4.74 Å². The van der Waals surface area contributed by atoms with E-state index < -0.39 is 0 Å². The molecule has 4 nitrogen and oxygen atoms in total. The Morgan fingerprint density at radius 3 is 2.71 bits per heavy atom. The second-order valence-electron chi connectivity index (χ2n) is 4.67. The van der Waals surface area contributed by atoms with E-state index in [2.05, 4.69) is 45.1 Å². The summed E-state index contributed by atoms with van der Waals surface area (Å²) in [5.41, 5.74) is 2.15. The summed E-state index contributed by atoms with van der Waals surface area (Å²) in [6, 6.07) is 8.04. The molecule has 0 amide bonds. The minimum atomic E-state index is 0.487. The van der Waals surface area contributed by atoms with E-state index >= 15 is 0 Å². The molecule has 0 aliphatic rings. The molecule has 1 aromatic carbocycles. The Labute approximate surface area is 134 Å². The molecule has 0 saturated carbocycles. The molecule has 0 saturated heterocycles. The summed E-state index contributed by atoms with van der Waals surface area (Å²) in [6.45, 7) is 5.51. The summed E-state index contributed by atoms with van der Waals surface area (Å²) in [6.07, 6.45) is 3.47. The van der Waals surface area contributed by atoms with E-state index in [0.29, 0.717) is 12.5 Å². The van der Waals surface area contributed by atoms with E-state index in [1.165, 1.54) is 0 Å². The van der Waals surface area contributed by atoms with Gasteiger partial charge in [-0.05, 0) is 19.4 Å². The van der Waals surface area contributed by atoms with Gasteiger partial charge in [-0.2, -0.15) is 0 Å². The monoisotopic (exact) mass is 349 g/mol. The fourth-order valence-electron chi connectivity index (χ4n) is 2.08. The number of nitrogens with zero attached hydrogens (tertiary/aromatic N) is 2. The number of anilines is 1. The number of rotatable bonds is 7. The van der Waals surface area contributed by atoms with Crippen LogP contribution >= 0.6 is 15.9 Å². The molecule has 1 aromatic heterocycles. The number of aromatic nitrogens is 2. The van der Waals surface area contributed by atoms with Gasteiger partial charge >= 0.3 is 0 Å².